The molecule has 0 aromatic heterocycles. The number of sulfone groups is 1. The Morgan fingerprint density at radius 2 is 1.82 bits per heavy atom. The van der Waals surface area contributed by atoms with Gasteiger partial charge in [-0.2, -0.15) is 0 Å². The van der Waals surface area contributed by atoms with Crippen LogP contribution in [0.3, 0.4) is 0 Å². The number of ether oxygens (including phenoxy) is 2. The van der Waals surface area contributed by atoms with E-state index in [4.69, 9.17) is 9.47 Å². The third-order valence-electron chi connectivity index (χ3n) is 3.91. The lowest BCUT2D eigenvalue weighted by Gasteiger charge is -2.21. The topological polar surface area (TPSA) is 128 Å². The first-order chi connectivity index (χ1) is 13.2. The van der Waals surface area contributed by atoms with E-state index in [2.05, 4.69) is 10.6 Å². The lowest BCUT2D eigenvalue weighted by atomic mass is 10.2. The Kier molecular flexibility index (Phi) is 7.16. The summed E-state index contributed by atoms with van der Waals surface area (Å²) in [6.45, 7) is 3.21. The molecule has 1 heterocycles. The summed E-state index contributed by atoms with van der Waals surface area (Å²) in [6.07, 6.45) is -0.357. The summed E-state index contributed by atoms with van der Waals surface area (Å²) in [6, 6.07) is 5.78. The Balaban J connectivity index is 1.95. The summed E-state index contributed by atoms with van der Waals surface area (Å²) in [5.74, 6) is -1.81. The van der Waals surface area contributed by atoms with Gasteiger partial charge in [0.1, 0.15) is 6.61 Å². The third kappa shape index (κ3) is 5.81. The van der Waals surface area contributed by atoms with Crippen LogP contribution in [0.1, 0.15) is 18.9 Å². The van der Waals surface area contributed by atoms with Crippen LogP contribution in [-0.2, 0) is 28.9 Å². The number of hydrogen-bond acceptors (Lipinski definition) is 7. The first-order valence-electron chi connectivity index (χ1n) is 8.62. The molecule has 2 amide bonds. The van der Waals surface area contributed by atoms with Crippen LogP contribution in [0.4, 0.5) is 4.79 Å². The van der Waals surface area contributed by atoms with Gasteiger partial charge in [-0.25, -0.2) is 18.0 Å². The molecule has 0 radical (unpaired) electrons. The molecule has 2 N–H and O–H groups in total. The number of hydrogen-bond donors (Lipinski definition) is 2. The average Bonchev–Trinajstić information content (AvgIpc) is 2.65. The standard InChI is InChI=1S/C18H22N2O7S/c1-3-26-17(22)14-10-19-18(23)20-15(14)11-27-16(21)8-9-28(24,25)13-6-4-12(2)5-7-13/h4-7H,3,8-11H2,1-2H3,(H2,19,20,23). The number of nitrogens with one attached hydrogen (secondary N) is 2. The number of urea groups is 1. The third-order valence-corrected chi connectivity index (χ3v) is 5.64. The maximum absolute atomic E-state index is 12.3. The van der Waals surface area contributed by atoms with E-state index in [0.29, 0.717) is 0 Å². The van der Waals surface area contributed by atoms with Crippen LogP contribution in [0, 0.1) is 6.92 Å². The van der Waals surface area contributed by atoms with Crippen LogP contribution in [0.5, 0.6) is 0 Å². The molecule has 0 fully saturated rings. The number of carbonyl (C=O) groups is 3. The van der Waals surface area contributed by atoms with Gasteiger partial charge in [0.25, 0.3) is 0 Å². The van der Waals surface area contributed by atoms with E-state index in [0.717, 1.165) is 5.56 Å². The van der Waals surface area contributed by atoms with E-state index >= 15 is 0 Å². The maximum atomic E-state index is 12.3. The van der Waals surface area contributed by atoms with Gasteiger partial charge in [0.2, 0.25) is 0 Å². The molecule has 1 aromatic carbocycles. The molecule has 1 aromatic rings. The van der Waals surface area contributed by atoms with Gasteiger partial charge in [0.15, 0.2) is 9.84 Å². The fourth-order valence-corrected chi connectivity index (χ4v) is 3.60. The minimum absolute atomic E-state index is 0.0562. The molecule has 0 aliphatic carbocycles. The van der Waals surface area contributed by atoms with Crippen molar-refractivity contribution >= 4 is 27.8 Å². The van der Waals surface area contributed by atoms with Gasteiger partial charge in [-0.3, -0.25) is 4.79 Å². The minimum atomic E-state index is -3.62. The zero-order valence-corrected chi connectivity index (χ0v) is 16.4. The first-order valence-corrected chi connectivity index (χ1v) is 10.3. The van der Waals surface area contributed by atoms with Crippen LogP contribution in [0.2, 0.25) is 0 Å². The summed E-state index contributed by atoms with van der Waals surface area (Å²) in [4.78, 5) is 35.4. The molecule has 0 saturated carbocycles. The monoisotopic (exact) mass is 410 g/mol. The molecule has 0 bridgehead atoms. The molecule has 1 aliphatic heterocycles. The van der Waals surface area contributed by atoms with Crippen molar-refractivity contribution in [3.05, 3.63) is 41.1 Å². The quantitative estimate of drug-likeness (QED) is 0.608. The number of rotatable bonds is 8. The highest BCUT2D eigenvalue weighted by Crippen LogP contribution is 2.14. The highest BCUT2D eigenvalue weighted by Gasteiger charge is 2.25. The smallest absolute Gasteiger partial charge is 0.337 e. The Morgan fingerprint density at radius 3 is 2.46 bits per heavy atom. The van der Waals surface area contributed by atoms with Crippen molar-refractivity contribution in [1.29, 1.82) is 0 Å². The van der Waals surface area contributed by atoms with Crippen LogP contribution in [0.15, 0.2) is 40.4 Å². The Morgan fingerprint density at radius 1 is 1.14 bits per heavy atom. The van der Waals surface area contributed by atoms with Crippen LogP contribution < -0.4 is 10.6 Å². The van der Waals surface area contributed by atoms with Gasteiger partial charge in [0, 0.05) is 0 Å². The van der Waals surface area contributed by atoms with Crippen molar-refractivity contribution in [2.75, 3.05) is 25.5 Å². The molecule has 0 saturated heterocycles. The van der Waals surface area contributed by atoms with E-state index in [-0.39, 0.29) is 42.3 Å². The second kappa shape index (κ2) is 9.36. The van der Waals surface area contributed by atoms with Crippen molar-refractivity contribution in [1.82, 2.24) is 10.6 Å². The lowest BCUT2D eigenvalue weighted by Crippen LogP contribution is -2.45. The molecule has 1 aliphatic rings. The van der Waals surface area contributed by atoms with Crippen molar-refractivity contribution in [3.63, 3.8) is 0 Å². The summed E-state index contributed by atoms with van der Waals surface area (Å²) in [5, 5.41) is 4.83. The van der Waals surface area contributed by atoms with Gasteiger partial charge < -0.3 is 20.1 Å². The van der Waals surface area contributed by atoms with E-state index in [9.17, 15) is 22.8 Å². The molecule has 10 heteroatoms. The van der Waals surface area contributed by atoms with E-state index < -0.39 is 33.6 Å². The minimum Gasteiger partial charge on any atom is -0.463 e. The highest BCUT2D eigenvalue weighted by molar-refractivity contribution is 7.91. The van der Waals surface area contributed by atoms with Crippen LogP contribution in [-0.4, -0.2) is 51.9 Å². The predicted octanol–water partition coefficient (Wildman–Crippen LogP) is 0.832. The Hall–Kier alpha value is -2.88. The van der Waals surface area contributed by atoms with Gasteiger partial charge in [-0.1, -0.05) is 17.7 Å². The summed E-state index contributed by atoms with van der Waals surface area (Å²) in [7, 11) is -3.62. The zero-order valence-electron chi connectivity index (χ0n) is 15.6. The maximum Gasteiger partial charge on any atom is 0.337 e. The number of carbonyl (C=O) groups excluding carboxylic acids is 3. The highest BCUT2D eigenvalue weighted by atomic mass is 32.2. The van der Waals surface area contributed by atoms with Crippen LogP contribution in [0.25, 0.3) is 0 Å². The Bertz CT molecular complexity index is 889. The van der Waals surface area contributed by atoms with E-state index in [1.807, 2.05) is 6.92 Å². The lowest BCUT2D eigenvalue weighted by molar-refractivity contribution is -0.143. The second-order valence-corrected chi connectivity index (χ2v) is 8.14. The fraction of sp³-hybridized carbons (Fsp3) is 0.389. The Labute approximate surface area is 163 Å². The molecule has 0 unspecified atom stereocenters. The summed E-state index contributed by atoms with van der Waals surface area (Å²) < 4.78 is 34.5. The number of aryl methyl sites for hydroxylation is 1. The molecule has 9 nitrogen and oxygen atoms in total. The zero-order chi connectivity index (χ0) is 20.7. The summed E-state index contributed by atoms with van der Waals surface area (Å²) >= 11 is 0. The second-order valence-electron chi connectivity index (χ2n) is 6.03. The summed E-state index contributed by atoms with van der Waals surface area (Å²) in [5.41, 5.74) is 1.17. The molecule has 0 spiro atoms. The van der Waals surface area contributed by atoms with Gasteiger partial charge in [-0.05, 0) is 26.0 Å². The SMILES string of the molecule is CCOC(=O)C1=C(COC(=O)CCS(=O)(=O)c2ccc(C)cc2)NC(=O)NC1. The van der Waals surface area contributed by atoms with E-state index in [1.165, 1.54) is 12.1 Å². The number of esters is 2. The normalized spacial score (nSPS) is 14.1. The average molecular weight is 410 g/mol. The molecule has 2 rings (SSSR count). The van der Waals surface area contributed by atoms with Crippen molar-refractivity contribution in [3.8, 4) is 0 Å². The predicted molar refractivity (Wildman–Crippen MR) is 99.0 cm³/mol. The molecule has 152 valence electrons. The van der Waals surface area contributed by atoms with E-state index in [1.54, 1.807) is 19.1 Å². The fourth-order valence-electron chi connectivity index (χ4n) is 2.37. The van der Waals surface area contributed by atoms with Gasteiger partial charge in [-0.15, -0.1) is 0 Å². The molecular weight excluding hydrogens is 388 g/mol. The largest absolute Gasteiger partial charge is 0.463 e. The molecular formula is C18H22N2O7S. The van der Waals surface area contributed by atoms with Crippen molar-refractivity contribution in [2.45, 2.75) is 25.2 Å². The van der Waals surface area contributed by atoms with Crippen molar-refractivity contribution in [2.24, 2.45) is 0 Å². The first kappa shape index (κ1) is 21.4. The number of benzene rings is 1. The molecule has 28 heavy (non-hydrogen) atoms. The van der Waals surface area contributed by atoms with Gasteiger partial charge in [0.05, 0.1) is 41.5 Å². The van der Waals surface area contributed by atoms with Gasteiger partial charge >= 0.3 is 18.0 Å². The van der Waals surface area contributed by atoms with Crippen molar-refractivity contribution < 1.29 is 32.3 Å². The number of amides is 2. The molecule has 0 atom stereocenters. The van der Waals surface area contributed by atoms with Crippen LogP contribution >= 0.6 is 0 Å².